The van der Waals surface area contributed by atoms with Crippen molar-refractivity contribution in [2.24, 2.45) is 0 Å². The number of pyridine rings is 1. The number of halogens is 3. The van der Waals surface area contributed by atoms with Crippen molar-refractivity contribution in [1.29, 1.82) is 0 Å². The Morgan fingerprint density at radius 2 is 2.05 bits per heavy atom. The van der Waals surface area contributed by atoms with Crippen LogP contribution in [0.1, 0.15) is 10.4 Å². The van der Waals surface area contributed by atoms with Gasteiger partial charge in [0, 0.05) is 18.0 Å². The van der Waals surface area contributed by atoms with Crippen LogP contribution in [0.2, 0.25) is 0 Å². The molecule has 0 atom stereocenters. The fraction of sp³-hybridized carbons (Fsp3) is 0.0769. The second-order valence-electron chi connectivity index (χ2n) is 3.91. The van der Waals surface area contributed by atoms with Gasteiger partial charge in [-0.1, -0.05) is 0 Å². The minimum absolute atomic E-state index is 0.0439. The molecule has 5 nitrogen and oxygen atoms in total. The molecule has 0 aliphatic heterocycles. The van der Waals surface area contributed by atoms with Gasteiger partial charge in [0.25, 0.3) is 5.91 Å². The molecule has 1 aromatic carbocycles. The number of carbonyl (C=O) groups is 1. The van der Waals surface area contributed by atoms with Crippen LogP contribution in [0.3, 0.4) is 0 Å². The number of carbonyl (C=O) groups excluding carboxylic acids is 1. The molecule has 0 fully saturated rings. The molecule has 0 saturated heterocycles. The monoisotopic (exact) mass is 298 g/mol. The van der Waals surface area contributed by atoms with Crippen LogP contribution in [-0.2, 0) is 0 Å². The zero-order chi connectivity index (χ0) is 15.4. The number of hydrogen-bond acceptors (Lipinski definition) is 4. The van der Waals surface area contributed by atoms with E-state index in [9.17, 15) is 23.1 Å². The number of benzene rings is 1. The van der Waals surface area contributed by atoms with Gasteiger partial charge in [-0.3, -0.25) is 9.78 Å². The van der Waals surface area contributed by atoms with E-state index in [4.69, 9.17) is 0 Å². The number of nitrogens with zero attached hydrogens (tertiary/aromatic N) is 1. The molecule has 110 valence electrons. The Hall–Kier alpha value is -2.77. The lowest BCUT2D eigenvalue weighted by molar-refractivity contribution is -0.0521. The quantitative estimate of drug-likeness (QED) is 0.910. The molecular weight excluding hydrogens is 289 g/mol. The van der Waals surface area contributed by atoms with Crippen molar-refractivity contribution < 1.29 is 27.8 Å². The van der Waals surface area contributed by atoms with Gasteiger partial charge in [0.05, 0.1) is 11.8 Å². The molecular formula is C13H9F3N2O3. The molecule has 1 aromatic heterocycles. The summed E-state index contributed by atoms with van der Waals surface area (Å²) in [5.74, 6) is -2.50. The SMILES string of the molecule is O=C(Nc1ccc(OC(F)F)c(F)c1)c1cncc(O)c1. The van der Waals surface area contributed by atoms with Gasteiger partial charge in [0.15, 0.2) is 11.6 Å². The zero-order valence-electron chi connectivity index (χ0n) is 10.4. The summed E-state index contributed by atoms with van der Waals surface area (Å²) in [7, 11) is 0. The minimum atomic E-state index is -3.14. The molecule has 2 rings (SSSR count). The summed E-state index contributed by atoms with van der Waals surface area (Å²) in [5, 5.41) is 11.5. The third-order valence-corrected chi connectivity index (χ3v) is 2.39. The summed E-state index contributed by atoms with van der Waals surface area (Å²) in [4.78, 5) is 15.4. The molecule has 21 heavy (non-hydrogen) atoms. The maximum absolute atomic E-state index is 13.5. The van der Waals surface area contributed by atoms with Crippen molar-refractivity contribution in [3.8, 4) is 11.5 Å². The van der Waals surface area contributed by atoms with E-state index in [-0.39, 0.29) is 17.0 Å². The number of aromatic nitrogens is 1. The Bertz CT molecular complexity index is 665. The summed E-state index contributed by atoms with van der Waals surface area (Å²) in [6.07, 6.45) is 2.35. The van der Waals surface area contributed by atoms with Crippen molar-refractivity contribution in [2.45, 2.75) is 6.61 Å². The maximum atomic E-state index is 13.5. The van der Waals surface area contributed by atoms with E-state index in [0.29, 0.717) is 0 Å². The number of amides is 1. The summed E-state index contributed by atoms with van der Waals surface area (Å²) >= 11 is 0. The Labute approximate surface area is 117 Å². The Morgan fingerprint density at radius 3 is 2.67 bits per heavy atom. The third kappa shape index (κ3) is 3.85. The second-order valence-corrected chi connectivity index (χ2v) is 3.91. The van der Waals surface area contributed by atoms with Crippen LogP contribution in [-0.4, -0.2) is 22.6 Å². The number of hydrogen-bond donors (Lipinski definition) is 2. The van der Waals surface area contributed by atoms with Gasteiger partial charge in [-0.05, 0) is 18.2 Å². The van der Waals surface area contributed by atoms with Gasteiger partial charge in [-0.15, -0.1) is 0 Å². The fourth-order valence-corrected chi connectivity index (χ4v) is 1.53. The fourth-order valence-electron chi connectivity index (χ4n) is 1.53. The normalized spacial score (nSPS) is 10.5. The minimum Gasteiger partial charge on any atom is -0.506 e. The van der Waals surface area contributed by atoms with Crippen molar-refractivity contribution in [1.82, 2.24) is 4.98 Å². The lowest BCUT2D eigenvalue weighted by atomic mass is 10.2. The molecule has 8 heteroatoms. The third-order valence-electron chi connectivity index (χ3n) is 2.39. The van der Waals surface area contributed by atoms with Crippen molar-refractivity contribution in [2.75, 3.05) is 5.32 Å². The molecule has 1 amide bonds. The summed E-state index contributed by atoms with van der Waals surface area (Å²) in [6, 6.07) is 4.19. The molecule has 0 radical (unpaired) electrons. The molecule has 0 unspecified atom stereocenters. The van der Waals surface area contributed by atoms with E-state index in [1.807, 2.05) is 0 Å². The second kappa shape index (κ2) is 6.12. The first-order valence-corrected chi connectivity index (χ1v) is 5.65. The molecule has 0 spiro atoms. The molecule has 1 heterocycles. The average Bonchev–Trinajstić information content (AvgIpc) is 2.41. The van der Waals surface area contributed by atoms with Crippen LogP contribution in [0, 0.1) is 5.82 Å². The number of alkyl halides is 2. The lowest BCUT2D eigenvalue weighted by Crippen LogP contribution is -2.12. The number of nitrogens with one attached hydrogen (secondary N) is 1. The summed E-state index contributed by atoms with van der Waals surface area (Å²) < 4.78 is 41.4. The lowest BCUT2D eigenvalue weighted by Gasteiger charge is -2.09. The van der Waals surface area contributed by atoms with E-state index in [1.165, 1.54) is 18.3 Å². The van der Waals surface area contributed by atoms with E-state index in [2.05, 4.69) is 15.0 Å². The Balaban J connectivity index is 2.13. The van der Waals surface area contributed by atoms with E-state index >= 15 is 0 Å². The topological polar surface area (TPSA) is 71.5 Å². The molecule has 2 N–H and O–H groups in total. The van der Waals surface area contributed by atoms with Gasteiger partial charge >= 0.3 is 6.61 Å². The number of ether oxygens (including phenoxy) is 1. The average molecular weight is 298 g/mol. The molecule has 0 saturated carbocycles. The van der Waals surface area contributed by atoms with Crippen molar-refractivity contribution in [3.05, 3.63) is 48.0 Å². The first kappa shape index (κ1) is 14.6. The van der Waals surface area contributed by atoms with Crippen LogP contribution in [0.5, 0.6) is 11.5 Å². The number of aromatic hydroxyl groups is 1. The Kier molecular flexibility index (Phi) is 4.27. The van der Waals surface area contributed by atoms with Crippen LogP contribution in [0.25, 0.3) is 0 Å². The van der Waals surface area contributed by atoms with E-state index in [1.54, 1.807) is 0 Å². The highest BCUT2D eigenvalue weighted by atomic mass is 19.3. The number of anilines is 1. The van der Waals surface area contributed by atoms with Crippen molar-refractivity contribution in [3.63, 3.8) is 0 Å². The van der Waals surface area contributed by atoms with Crippen LogP contribution >= 0.6 is 0 Å². The van der Waals surface area contributed by atoms with Crippen molar-refractivity contribution >= 4 is 11.6 Å². The first-order chi connectivity index (χ1) is 9.95. The largest absolute Gasteiger partial charge is 0.506 e. The van der Waals surface area contributed by atoms with Gasteiger partial charge < -0.3 is 15.2 Å². The predicted octanol–water partition coefficient (Wildman–Crippen LogP) is 2.78. The highest BCUT2D eigenvalue weighted by Crippen LogP contribution is 2.23. The van der Waals surface area contributed by atoms with Crippen LogP contribution in [0.15, 0.2) is 36.7 Å². The smallest absolute Gasteiger partial charge is 0.387 e. The first-order valence-electron chi connectivity index (χ1n) is 5.65. The standard InChI is InChI=1S/C13H9F3N2O3/c14-10-4-8(1-2-11(10)21-13(15)16)18-12(20)7-3-9(19)6-17-5-7/h1-6,13,19H,(H,18,20). The van der Waals surface area contributed by atoms with E-state index < -0.39 is 24.1 Å². The molecule has 2 aromatic rings. The van der Waals surface area contributed by atoms with Crippen LogP contribution in [0.4, 0.5) is 18.9 Å². The zero-order valence-corrected chi connectivity index (χ0v) is 10.4. The Morgan fingerprint density at radius 1 is 1.29 bits per heavy atom. The molecule has 0 aliphatic carbocycles. The van der Waals surface area contributed by atoms with E-state index in [0.717, 1.165) is 18.3 Å². The highest BCUT2D eigenvalue weighted by Gasteiger charge is 2.12. The van der Waals surface area contributed by atoms with Gasteiger partial charge in [0.2, 0.25) is 0 Å². The maximum Gasteiger partial charge on any atom is 0.387 e. The van der Waals surface area contributed by atoms with Gasteiger partial charge in [-0.2, -0.15) is 8.78 Å². The molecule has 0 aliphatic rings. The summed E-state index contributed by atoms with van der Waals surface area (Å²) in [5.41, 5.74) is 0.103. The van der Waals surface area contributed by atoms with Gasteiger partial charge in [-0.25, -0.2) is 4.39 Å². The molecule has 0 bridgehead atoms. The highest BCUT2D eigenvalue weighted by molar-refractivity contribution is 6.04. The van der Waals surface area contributed by atoms with Gasteiger partial charge in [0.1, 0.15) is 5.75 Å². The predicted molar refractivity (Wildman–Crippen MR) is 66.9 cm³/mol. The summed E-state index contributed by atoms with van der Waals surface area (Å²) in [6.45, 7) is -3.14. The van der Waals surface area contributed by atoms with Crippen LogP contribution < -0.4 is 10.1 Å². The number of rotatable bonds is 4.